The molecule has 3 aromatic rings. The third-order valence-electron chi connectivity index (χ3n) is 4.55. The summed E-state index contributed by atoms with van der Waals surface area (Å²) >= 11 is 0. The van der Waals surface area contributed by atoms with Crippen molar-refractivity contribution in [2.75, 3.05) is 19.5 Å². The van der Waals surface area contributed by atoms with Crippen LogP contribution < -0.4 is 20.1 Å². The molecule has 0 aliphatic rings. The summed E-state index contributed by atoms with van der Waals surface area (Å²) in [5.74, 6) is -0.153. The van der Waals surface area contributed by atoms with Crippen LogP contribution in [0.1, 0.15) is 21.7 Å². The van der Waals surface area contributed by atoms with Gasteiger partial charge in [0.15, 0.2) is 5.69 Å². The molecule has 2 aromatic carbocycles. The maximum absolute atomic E-state index is 13.0. The van der Waals surface area contributed by atoms with E-state index in [0.717, 1.165) is 5.56 Å². The molecule has 1 heterocycles. The second-order valence-electron chi connectivity index (χ2n) is 6.60. The van der Waals surface area contributed by atoms with Crippen LogP contribution in [0.15, 0.2) is 42.5 Å². The molecule has 0 saturated carbocycles. The summed E-state index contributed by atoms with van der Waals surface area (Å²) in [7, 11) is 3.01. The third kappa shape index (κ3) is 5.35. The average Bonchev–Trinajstić information content (AvgIpc) is 3.13. The molecule has 0 atom stereocenters. The summed E-state index contributed by atoms with van der Waals surface area (Å²) in [5.41, 5.74) is 1.68. The van der Waals surface area contributed by atoms with Crippen LogP contribution in [0.25, 0.3) is 0 Å². The molecular weight excluding hydrogens is 405 g/mol. The molecule has 0 saturated heterocycles. The zero-order chi connectivity index (χ0) is 22.4. The Morgan fingerprint density at radius 2 is 1.84 bits per heavy atom. The topological polar surface area (TPSA) is 107 Å². The van der Waals surface area contributed by atoms with E-state index in [-0.39, 0.29) is 30.5 Å². The Kier molecular flexibility index (Phi) is 6.81. The molecule has 0 fully saturated rings. The van der Waals surface area contributed by atoms with Crippen molar-refractivity contribution in [2.24, 2.45) is 0 Å². The van der Waals surface area contributed by atoms with Crippen LogP contribution in [0.2, 0.25) is 0 Å². The molecule has 2 N–H and O–H groups in total. The van der Waals surface area contributed by atoms with Gasteiger partial charge in [-0.15, -0.1) is 5.10 Å². The van der Waals surface area contributed by atoms with Gasteiger partial charge in [-0.05, 0) is 36.8 Å². The van der Waals surface area contributed by atoms with Gasteiger partial charge in [0.05, 0.1) is 25.6 Å². The number of nitrogens with zero attached hydrogens (tertiary/aromatic N) is 3. The molecule has 0 aliphatic carbocycles. The first-order valence-corrected chi connectivity index (χ1v) is 9.36. The van der Waals surface area contributed by atoms with E-state index in [4.69, 9.17) is 9.47 Å². The normalized spacial score (nSPS) is 10.5. The lowest BCUT2D eigenvalue weighted by atomic mass is 10.2. The predicted molar refractivity (Wildman–Crippen MR) is 111 cm³/mol. The van der Waals surface area contributed by atoms with Gasteiger partial charge in [0.25, 0.3) is 5.91 Å². The fraction of sp³-hybridized carbons (Fsp3) is 0.238. The maximum atomic E-state index is 13.0. The first-order valence-electron chi connectivity index (χ1n) is 9.36. The van der Waals surface area contributed by atoms with E-state index in [1.54, 1.807) is 37.3 Å². The van der Waals surface area contributed by atoms with E-state index in [0.29, 0.717) is 22.9 Å². The number of anilines is 1. The largest absolute Gasteiger partial charge is 0.497 e. The van der Waals surface area contributed by atoms with Gasteiger partial charge in [-0.3, -0.25) is 9.59 Å². The second kappa shape index (κ2) is 9.70. The highest BCUT2D eigenvalue weighted by atomic mass is 19.1. The molecule has 0 unspecified atom stereocenters. The van der Waals surface area contributed by atoms with Crippen LogP contribution in [0, 0.1) is 12.7 Å². The minimum absolute atomic E-state index is 0.0798. The SMILES string of the molecule is COc1ccc(OC)c(NC(=O)c2nnn(CC(=O)NCc3ccc(F)cc3)c2C)c1. The summed E-state index contributed by atoms with van der Waals surface area (Å²) in [6.07, 6.45) is 0. The average molecular weight is 427 g/mol. The number of amides is 2. The van der Waals surface area contributed by atoms with Crippen LogP contribution in [0.5, 0.6) is 11.5 Å². The van der Waals surface area contributed by atoms with Gasteiger partial charge in [-0.1, -0.05) is 17.3 Å². The van der Waals surface area contributed by atoms with Gasteiger partial charge < -0.3 is 20.1 Å². The van der Waals surface area contributed by atoms with Crippen LogP contribution in [-0.2, 0) is 17.9 Å². The molecule has 0 radical (unpaired) electrons. The zero-order valence-electron chi connectivity index (χ0n) is 17.3. The van der Waals surface area contributed by atoms with E-state index in [2.05, 4.69) is 20.9 Å². The second-order valence-corrected chi connectivity index (χ2v) is 6.60. The van der Waals surface area contributed by atoms with Gasteiger partial charge >= 0.3 is 0 Å². The van der Waals surface area contributed by atoms with Gasteiger partial charge in [0, 0.05) is 12.6 Å². The molecule has 1 aromatic heterocycles. The standard InChI is InChI=1S/C21H22FN5O4/c1-13-20(21(29)24-17-10-16(30-2)8-9-18(17)31-3)25-26-27(13)12-19(28)23-11-14-4-6-15(22)7-5-14/h4-10H,11-12H2,1-3H3,(H,23,28)(H,24,29). The van der Waals surface area contributed by atoms with Crippen LogP contribution >= 0.6 is 0 Å². The van der Waals surface area contributed by atoms with E-state index < -0.39 is 5.91 Å². The minimum Gasteiger partial charge on any atom is -0.497 e. The molecule has 0 aliphatic heterocycles. The minimum atomic E-state index is -0.498. The zero-order valence-corrected chi connectivity index (χ0v) is 17.3. The van der Waals surface area contributed by atoms with Crippen LogP contribution in [0.3, 0.4) is 0 Å². The number of ether oxygens (including phenoxy) is 2. The highest BCUT2D eigenvalue weighted by Crippen LogP contribution is 2.29. The molecule has 0 bridgehead atoms. The smallest absolute Gasteiger partial charge is 0.278 e. The Labute approximate surface area is 178 Å². The fourth-order valence-corrected chi connectivity index (χ4v) is 2.81. The van der Waals surface area contributed by atoms with Crippen LogP contribution in [0.4, 0.5) is 10.1 Å². The number of benzene rings is 2. The van der Waals surface area contributed by atoms with Crippen molar-refractivity contribution in [1.29, 1.82) is 0 Å². The fourth-order valence-electron chi connectivity index (χ4n) is 2.81. The highest BCUT2D eigenvalue weighted by Gasteiger charge is 2.19. The molecule has 3 rings (SSSR count). The third-order valence-corrected chi connectivity index (χ3v) is 4.55. The van der Waals surface area contributed by atoms with Gasteiger partial charge in [-0.2, -0.15) is 0 Å². The first-order chi connectivity index (χ1) is 14.9. The number of hydrogen-bond donors (Lipinski definition) is 2. The summed E-state index contributed by atoms with van der Waals surface area (Å²) in [5, 5.41) is 13.2. The molecular formula is C21H22FN5O4. The van der Waals surface area contributed by atoms with E-state index in [1.165, 1.54) is 31.0 Å². The number of halogens is 1. The summed E-state index contributed by atoms with van der Waals surface area (Å²) in [6.45, 7) is 1.77. The first kappa shape index (κ1) is 21.8. The van der Waals surface area contributed by atoms with E-state index >= 15 is 0 Å². The molecule has 31 heavy (non-hydrogen) atoms. The van der Waals surface area contributed by atoms with E-state index in [9.17, 15) is 14.0 Å². The Balaban J connectivity index is 1.64. The van der Waals surface area contributed by atoms with E-state index in [1.807, 2.05) is 0 Å². The lowest BCUT2D eigenvalue weighted by molar-refractivity contribution is -0.122. The van der Waals surface area contributed by atoms with Crippen molar-refractivity contribution in [3.8, 4) is 11.5 Å². The van der Waals surface area contributed by atoms with Crippen molar-refractivity contribution in [3.05, 3.63) is 65.2 Å². The Morgan fingerprint density at radius 1 is 1.10 bits per heavy atom. The Morgan fingerprint density at radius 3 is 2.52 bits per heavy atom. The lowest BCUT2D eigenvalue weighted by Gasteiger charge is -2.11. The Hall–Kier alpha value is -3.95. The van der Waals surface area contributed by atoms with Gasteiger partial charge in [0.2, 0.25) is 5.91 Å². The molecule has 9 nitrogen and oxygen atoms in total. The van der Waals surface area contributed by atoms with Crippen molar-refractivity contribution in [1.82, 2.24) is 20.3 Å². The summed E-state index contributed by atoms with van der Waals surface area (Å²) < 4.78 is 24.7. The number of aromatic nitrogens is 3. The highest BCUT2D eigenvalue weighted by molar-refractivity contribution is 6.04. The van der Waals surface area contributed by atoms with Crippen molar-refractivity contribution in [3.63, 3.8) is 0 Å². The molecule has 2 amide bonds. The van der Waals surface area contributed by atoms with Gasteiger partial charge in [-0.25, -0.2) is 9.07 Å². The summed E-state index contributed by atoms with van der Waals surface area (Å²) in [6, 6.07) is 10.8. The summed E-state index contributed by atoms with van der Waals surface area (Å²) in [4.78, 5) is 24.9. The number of carbonyl (C=O) groups excluding carboxylic acids is 2. The lowest BCUT2D eigenvalue weighted by Crippen LogP contribution is -2.28. The molecule has 0 spiro atoms. The molecule has 162 valence electrons. The predicted octanol–water partition coefficient (Wildman–Crippen LogP) is 2.31. The quantitative estimate of drug-likeness (QED) is 0.571. The van der Waals surface area contributed by atoms with Crippen molar-refractivity contribution >= 4 is 17.5 Å². The molecule has 10 heteroatoms. The van der Waals surface area contributed by atoms with Crippen molar-refractivity contribution in [2.45, 2.75) is 20.0 Å². The van der Waals surface area contributed by atoms with Crippen molar-refractivity contribution < 1.29 is 23.5 Å². The number of carbonyl (C=O) groups is 2. The number of hydrogen-bond acceptors (Lipinski definition) is 6. The number of rotatable bonds is 8. The Bertz CT molecular complexity index is 1080. The number of nitrogens with one attached hydrogen (secondary N) is 2. The van der Waals surface area contributed by atoms with Gasteiger partial charge in [0.1, 0.15) is 23.9 Å². The van der Waals surface area contributed by atoms with Crippen LogP contribution in [-0.4, -0.2) is 41.0 Å². The monoisotopic (exact) mass is 427 g/mol. The number of methoxy groups -OCH3 is 2. The maximum Gasteiger partial charge on any atom is 0.278 e.